The van der Waals surface area contributed by atoms with Crippen molar-refractivity contribution in [1.29, 1.82) is 0 Å². The van der Waals surface area contributed by atoms with E-state index in [-0.39, 0.29) is 0 Å². The third-order valence-corrected chi connectivity index (χ3v) is 3.03. The minimum Gasteiger partial charge on any atom is -0.329 e. The Bertz CT molecular complexity index is 369. The SMILES string of the molecule is CC/C(=C\CN(C)CCN)c1ccccc1C. The highest BCUT2D eigenvalue weighted by atomic mass is 15.1. The molecule has 0 radical (unpaired) electrons. The van der Waals surface area contributed by atoms with Crippen LogP contribution in [0.4, 0.5) is 0 Å². The van der Waals surface area contributed by atoms with Crippen molar-refractivity contribution in [3.8, 4) is 0 Å². The molecule has 1 aromatic rings. The molecule has 0 aliphatic heterocycles. The molecule has 0 aliphatic rings. The number of likely N-dealkylation sites (N-methyl/N-ethyl adjacent to an activating group) is 1. The Labute approximate surface area is 105 Å². The lowest BCUT2D eigenvalue weighted by Gasteiger charge is -2.15. The number of nitrogens with zero attached hydrogens (tertiary/aromatic N) is 1. The first-order valence-electron chi connectivity index (χ1n) is 6.32. The molecule has 0 aromatic heterocycles. The second kappa shape index (κ2) is 7.25. The number of hydrogen-bond donors (Lipinski definition) is 1. The smallest absolute Gasteiger partial charge is 0.0166 e. The second-order valence-corrected chi connectivity index (χ2v) is 4.45. The molecule has 0 unspecified atom stereocenters. The van der Waals surface area contributed by atoms with Gasteiger partial charge in [-0.2, -0.15) is 0 Å². The van der Waals surface area contributed by atoms with Crippen LogP contribution in [0, 0.1) is 6.92 Å². The minimum absolute atomic E-state index is 0.718. The maximum Gasteiger partial charge on any atom is 0.0166 e. The van der Waals surface area contributed by atoms with Crippen molar-refractivity contribution in [2.24, 2.45) is 5.73 Å². The van der Waals surface area contributed by atoms with Crippen molar-refractivity contribution in [1.82, 2.24) is 4.90 Å². The lowest BCUT2D eigenvalue weighted by atomic mass is 9.98. The van der Waals surface area contributed by atoms with Gasteiger partial charge < -0.3 is 10.6 Å². The van der Waals surface area contributed by atoms with Crippen LogP contribution >= 0.6 is 0 Å². The molecule has 0 saturated heterocycles. The summed E-state index contributed by atoms with van der Waals surface area (Å²) < 4.78 is 0. The van der Waals surface area contributed by atoms with Crippen LogP contribution in [0.2, 0.25) is 0 Å². The Balaban J connectivity index is 2.78. The van der Waals surface area contributed by atoms with Crippen molar-refractivity contribution in [3.63, 3.8) is 0 Å². The zero-order valence-corrected chi connectivity index (χ0v) is 11.2. The minimum atomic E-state index is 0.718. The molecule has 0 heterocycles. The number of nitrogens with two attached hydrogens (primary N) is 1. The predicted octanol–water partition coefficient (Wildman–Crippen LogP) is 2.68. The molecular weight excluding hydrogens is 208 g/mol. The van der Waals surface area contributed by atoms with Crippen LogP contribution in [-0.4, -0.2) is 31.6 Å². The highest BCUT2D eigenvalue weighted by Crippen LogP contribution is 2.21. The Morgan fingerprint density at radius 2 is 2.06 bits per heavy atom. The number of hydrogen-bond acceptors (Lipinski definition) is 2. The van der Waals surface area contributed by atoms with Crippen molar-refractivity contribution in [2.75, 3.05) is 26.7 Å². The summed E-state index contributed by atoms with van der Waals surface area (Å²) in [5.41, 5.74) is 9.68. The first-order chi connectivity index (χ1) is 8.19. The second-order valence-electron chi connectivity index (χ2n) is 4.45. The summed E-state index contributed by atoms with van der Waals surface area (Å²) in [6, 6.07) is 8.57. The number of rotatable bonds is 6. The van der Waals surface area contributed by atoms with Crippen molar-refractivity contribution in [2.45, 2.75) is 20.3 Å². The lowest BCUT2D eigenvalue weighted by molar-refractivity contribution is 0.381. The van der Waals surface area contributed by atoms with E-state index >= 15 is 0 Å². The summed E-state index contributed by atoms with van der Waals surface area (Å²) in [6.45, 7) is 7.01. The molecule has 2 nitrogen and oxygen atoms in total. The summed E-state index contributed by atoms with van der Waals surface area (Å²) in [4.78, 5) is 2.24. The molecule has 94 valence electrons. The summed E-state index contributed by atoms with van der Waals surface area (Å²) in [7, 11) is 2.11. The fraction of sp³-hybridized carbons (Fsp3) is 0.467. The van der Waals surface area contributed by atoms with Gasteiger partial charge in [-0.1, -0.05) is 37.3 Å². The summed E-state index contributed by atoms with van der Waals surface area (Å²) in [5.74, 6) is 0. The molecule has 1 rings (SSSR count). The Hall–Kier alpha value is -1.12. The fourth-order valence-electron chi connectivity index (χ4n) is 1.96. The zero-order valence-electron chi connectivity index (χ0n) is 11.2. The van der Waals surface area contributed by atoms with E-state index in [2.05, 4.69) is 56.1 Å². The van der Waals surface area contributed by atoms with Gasteiger partial charge in [-0.25, -0.2) is 0 Å². The zero-order chi connectivity index (χ0) is 12.7. The van der Waals surface area contributed by atoms with Gasteiger partial charge in [-0.05, 0) is 37.1 Å². The number of allylic oxidation sites excluding steroid dienone is 1. The standard InChI is InChI=1S/C15H24N2/c1-4-14(9-11-17(3)12-10-16)15-8-6-5-7-13(15)2/h5-9H,4,10-12,16H2,1-3H3/b14-9+. The van der Waals surface area contributed by atoms with E-state index in [1.54, 1.807) is 0 Å². The first kappa shape index (κ1) is 13.9. The average molecular weight is 232 g/mol. The predicted molar refractivity (Wildman–Crippen MR) is 76.0 cm³/mol. The maximum absolute atomic E-state index is 5.54. The molecule has 0 bridgehead atoms. The molecule has 1 aromatic carbocycles. The van der Waals surface area contributed by atoms with E-state index in [9.17, 15) is 0 Å². The van der Waals surface area contributed by atoms with E-state index in [1.165, 1.54) is 16.7 Å². The molecule has 0 saturated carbocycles. The fourth-order valence-corrected chi connectivity index (χ4v) is 1.96. The van der Waals surface area contributed by atoms with Crippen LogP contribution in [0.3, 0.4) is 0 Å². The highest BCUT2D eigenvalue weighted by Gasteiger charge is 2.02. The van der Waals surface area contributed by atoms with Crippen molar-refractivity contribution in [3.05, 3.63) is 41.5 Å². The molecule has 0 aliphatic carbocycles. The monoisotopic (exact) mass is 232 g/mol. The van der Waals surface area contributed by atoms with Gasteiger partial charge in [-0.15, -0.1) is 0 Å². The Morgan fingerprint density at radius 3 is 2.65 bits per heavy atom. The first-order valence-corrected chi connectivity index (χ1v) is 6.32. The van der Waals surface area contributed by atoms with Gasteiger partial charge in [-0.3, -0.25) is 0 Å². The summed E-state index contributed by atoms with van der Waals surface area (Å²) >= 11 is 0. The number of benzene rings is 1. The lowest BCUT2D eigenvalue weighted by Crippen LogP contribution is -2.25. The van der Waals surface area contributed by atoms with Gasteiger partial charge in [0, 0.05) is 19.6 Å². The van der Waals surface area contributed by atoms with E-state index in [0.29, 0.717) is 0 Å². The van der Waals surface area contributed by atoms with Crippen LogP contribution in [0.5, 0.6) is 0 Å². The topological polar surface area (TPSA) is 29.3 Å². The molecule has 2 N–H and O–H groups in total. The molecule has 17 heavy (non-hydrogen) atoms. The number of aryl methyl sites for hydroxylation is 1. The van der Waals surface area contributed by atoms with E-state index in [4.69, 9.17) is 5.73 Å². The van der Waals surface area contributed by atoms with E-state index in [0.717, 1.165) is 26.1 Å². The van der Waals surface area contributed by atoms with Gasteiger partial charge >= 0.3 is 0 Å². The maximum atomic E-state index is 5.54. The van der Waals surface area contributed by atoms with Gasteiger partial charge in [0.25, 0.3) is 0 Å². The van der Waals surface area contributed by atoms with E-state index in [1.807, 2.05) is 0 Å². The Kier molecular flexibility index (Phi) is 5.95. The van der Waals surface area contributed by atoms with Crippen LogP contribution < -0.4 is 5.73 Å². The van der Waals surface area contributed by atoms with Crippen LogP contribution in [-0.2, 0) is 0 Å². The largest absolute Gasteiger partial charge is 0.329 e. The molecule has 0 fully saturated rings. The van der Waals surface area contributed by atoms with Gasteiger partial charge in [0.05, 0.1) is 0 Å². The molecule has 0 spiro atoms. The van der Waals surface area contributed by atoms with E-state index < -0.39 is 0 Å². The summed E-state index contributed by atoms with van der Waals surface area (Å²) in [5, 5.41) is 0. The third-order valence-electron chi connectivity index (χ3n) is 3.03. The quantitative estimate of drug-likeness (QED) is 0.817. The van der Waals surface area contributed by atoms with Gasteiger partial charge in [0.2, 0.25) is 0 Å². The molecule has 0 atom stereocenters. The highest BCUT2D eigenvalue weighted by molar-refractivity contribution is 5.68. The Morgan fingerprint density at radius 1 is 1.35 bits per heavy atom. The normalized spacial score (nSPS) is 12.2. The molecule has 0 amide bonds. The van der Waals surface area contributed by atoms with Crippen molar-refractivity contribution < 1.29 is 0 Å². The van der Waals surface area contributed by atoms with Gasteiger partial charge in [0.1, 0.15) is 0 Å². The van der Waals surface area contributed by atoms with Crippen LogP contribution in [0.25, 0.3) is 5.57 Å². The van der Waals surface area contributed by atoms with Crippen LogP contribution in [0.1, 0.15) is 24.5 Å². The third kappa shape index (κ3) is 4.33. The van der Waals surface area contributed by atoms with Crippen LogP contribution in [0.15, 0.2) is 30.3 Å². The summed E-state index contributed by atoms with van der Waals surface area (Å²) in [6.07, 6.45) is 3.39. The molecule has 2 heteroatoms. The molecular formula is C15H24N2. The van der Waals surface area contributed by atoms with Gasteiger partial charge in [0.15, 0.2) is 0 Å². The van der Waals surface area contributed by atoms with Crippen molar-refractivity contribution >= 4 is 5.57 Å². The average Bonchev–Trinajstić information content (AvgIpc) is 2.32.